The van der Waals surface area contributed by atoms with Crippen molar-refractivity contribution in [3.05, 3.63) is 18.2 Å². The Morgan fingerprint density at radius 2 is 2.24 bits per heavy atom. The van der Waals surface area contributed by atoms with Crippen molar-refractivity contribution >= 4 is 11.9 Å². The van der Waals surface area contributed by atoms with E-state index >= 15 is 0 Å². The average molecular weight is 351 g/mol. The van der Waals surface area contributed by atoms with E-state index in [9.17, 15) is 9.59 Å². The number of nitrogens with two attached hydrogens (primary N) is 1. The number of hydrogen-bond donors (Lipinski definition) is 1. The third-order valence-electron chi connectivity index (χ3n) is 4.73. The maximum absolute atomic E-state index is 12.3. The van der Waals surface area contributed by atoms with Crippen molar-refractivity contribution in [2.75, 3.05) is 26.7 Å². The molecule has 1 aliphatic heterocycles. The number of amides is 1. The molecule has 2 N–H and O–H groups in total. The Labute approximate surface area is 149 Å². The molecule has 1 aromatic rings. The Bertz CT molecular complexity index is 558. The van der Waals surface area contributed by atoms with Crippen molar-refractivity contribution in [1.29, 1.82) is 0 Å². The molecule has 2 heterocycles. The first kappa shape index (κ1) is 19.4. The molecule has 0 bridgehead atoms. The van der Waals surface area contributed by atoms with Gasteiger partial charge in [-0.2, -0.15) is 0 Å². The fourth-order valence-electron chi connectivity index (χ4n) is 3.05. The highest BCUT2D eigenvalue weighted by atomic mass is 16.5. The van der Waals surface area contributed by atoms with Crippen molar-refractivity contribution in [3.63, 3.8) is 0 Å². The number of imidazole rings is 1. The first-order valence-corrected chi connectivity index (χ1v) is 9.37. The minimum absolute atomic E-state index is 0.178. The lowest BCUT2D eigenvalue weighted by molar-refractivity contribution is -0.659. The molecule has 7 heteroatoms. The van der Waals surface area contributed by atoms with E-state index in [1.165, 1.54) is 0 Å². The van der Waals surface area contributed by atoms with Gasteiger partial charge in [0.1, 0.15) is 11.9 Å². The van der Waals surface area contributed by atoms with E-state index < -0.39 is 0 Å². The molecular formula is C18H31N4O3+. The molecule has 7 nitrogen and oxygen atoms in total. The maximum Gasteiger partial charge on any atom is 0.307 e. The monoisotopic (exact) mass is 351 g/mol. The first-order chi connectivity index (χ1) is 12.1. The second-order valence-electron chi connectivity index (χ2n) is 6.58. The van der Waals surface area contributed by atoms with Crippen LogP contribution < -0.4 is 5.32 Å². The normalized spacial score (nSPS) is 17.0. The van der Waals surface area contributed by atoms with Crippen molar-refractivity contribution in [3.8, 4) is 0 Å². The summed E-state index contributed by atoms with van der Waals surface area (Å²) >= 11 is 0. The lowest BCUT2D eigenvalue weighted by atomic mass is 10.2. The molecule has 0 radical (unpaired) electrons. The highest BCUT2D eigenvalue weighted by molar-refractivity contribution is 5.76. The topological polar surface area (TPSA) is 81.0 Å². The molecule has 140 valence electrons. The van der Waals surface area contributed by atoms with Crippen LogP contribution in [-0.4, -0.2) is 59.1 Å². The molecule has 1 aliphatic rings. The van der Waals surface area contributed by atoms with E-state index in [0.29, 0.717) is 38.5 Å². The van der Waals surface area contributed by atoms with Gasteiger partial charge in [-0.05, 0) is 6.42 Å². The Balaban J connectivity index is 1.73. The lowest BCUT2D eigenvalue weighted by Gasteiger charge is -2.15. The molecule has 1 aromatic heterocycles. The van der Waals surface area contributed by atoms with Crippen LogP contribution in [0.25, 0.3) is 0 Å². The molecule has 1 atom stereocenters. The minimum Gasteiger partial charge on any atom is -0.466 e. The number of aromatic nitrogens is 2. The summed E-state index contributed by atoms with van der Waals surface area (Å²) in [6.07, 6.45) is 7.97. The van der Waals surface area contributed by atoms with Crippen LogP contribution in [0, 0.1) is 0 Å². The van der Waals surface area contributed by atoms with Gasteiger partial charge in [-0.3, -0.25) is 9.59 Å². The summed E-state index contributed by atoms with van der Waals surface area (Å²) in [7, 11) is 2.06. The smallest absolute Gasteiger partial charge is 0.307 e. The summed E-state index contributed by atoms with van der Waals surface area (Å²) in [4.78, 5) is 30.3. The number of quaternary nitrogens is 1. The standard InChI is InChI=1S/C18H30N4O3/c1-3-4-13-25-18(24)8-11-21-12-9-20-16(21)5-6-17(23)22-10-7-15(14-22)19-2/h9,12,15,19H,3-8,10-11,13-14H2,1-2H3/p+1. The van der Waals surface area contributed by atoms with Gasteiger partial charge in [0.05, 0.1) is 26.6 Å². The molecule has 2 rings (SSSR count). The van der Waals surface area contributed by atoms with Gasteiger partial charge in [-0.15, -0.1) is 0 Å². The number of esters is 1. The summed E-state index contributed by atoms with van der Waals surface area (Å²) in [6, 6.07) is 0.532. The molecule has 1 saturated heterocycles. The van der Waals surface area contributed by atoms with E-state index in [2.05, 4.69) is 24.3 Å². The highest BCUT2D eigenvalue weighted by Crippen LogP contribution is 2.10. The molecule has 25 heavy (non-hydrogen) atoms. The van der Waals surface area contributed by atoms with E-state index in [-0.39, 0.29) is 11.9 Å². The average Bonchev–Trinajstić information content (AvgIpc) is 3.27. The fraction of sp³-hybridized carbons (Fsp3) is 0.722. The molecule has 1 fully saturated rings. The number of likely N-dealkylation sites (N-methyl/N-ethyl adjacent to an activating group) is 1. The Morgan fingerprint density at radius 3 is 2.96 bits per heavy atom. The summed E-state index contributed by atoms with van der Waals surface area (Å²) < 4.78 is 7.12. The van der Waals surface area contributed by atoms with Crippen LogP contribution in [0.4, 0.5) is 0 Å². The third kappa shape index (κ3) is 6.16. The molecular weight excluding hydrogens is 320 g/mol. The Kier molecular flexibility index (Phi) is 7.91. The number of aryl methyl sites for hydroxylation is 2. The minimum atomic E-state index is -0.178. The van der Waals surface area contributed by atoms with Crippen molar-refractivity contribution < 1.29 is 19.6 Å². The highest BCUT2D eigenvalue weighted by Gasteiger charge is 2.27. The van der Waals surface area contributed by atoms with Gasteiger partial charge in [0.2, 0.25) is 5.91 Å². The predicted molar refractivity (Wildman–Crippen MR) is 93.9 cm³/mol. The third-order valence-corrected chi connectivity index (χ3v) is 4.73. The van der Waals surface area contributed by atoms with E-state index in [1.54, 1.807) is 6.20 Å². The number of unbranched alkanes of at least 4 members (excludes halogenated alkanes) is 1. The molecule has 1 unspecified atom stereocenters. The maximum atomic E-state index is 12.3. The first-order valence-electron chi connectivity index (χ1n) is 9.37. The predicted octanol–water partition coefficient (Wildman–Crippen LogP) is 0.343. The summed E-state index contributed by atoms with van der Waals surface area (Å²) in [5.41, 5.74) is 0. The van der Waals surface area contributed by atoms with E-state index in [4.69, 9.17) is 4.74 Å². The molecule has 1 amide bonds. The van der Waals surface area contributed by atoms with E-state index in [0.717, 1.165) is 38.2 Å². The van der Waals surface area contributed by atoms with Crippen LogP contribution in [0.3, 0.4) is 0 Å². The van der Waals surface area contributed by atoms with Crippen LogP contribution in [0.15, 0.2) is 12.4 Å². The van der Waals surface area contributed by atoms with Gasteiger partial charge < -0.3 is 19.5 Å². The molecule has 0 aliphatic carbocycles. The molecule has 0 saturated carbocycles. The van der Waals surface area contributed by atoms with Crippen LogP contribution in [-0.2, 0) is 27.3 Å². The van der Waals surface area contributed by atoms with Gasteiger partial charge in [0.15, 0.2) is 0 Å². The van der Waals surface area contributed by atoms with Crippen LogP contribution >= 0.6 is 0 Å². The number of carbonyl (C=O) groups excluding carboxylic acids is 2. The summed E-state index contributed by atoms with van der Waals surface area (Å²) in [5, 5.41) is 2.18. The van der Waals surface area contributed by atoms with Gasteiger partial charge in [0.25, 0.3) is 0 Å². The van der Waals surface area contributed by atoms with Gasteiger partial charge in [-0.1, -0.05) is 13.3 Å². The number of carbonyl (C=O) groups is 2. The quantitative estimate of drug-likeness (QED) is 0.487. The summed E-state index contributed by atoms with van der Waals surface area (Å²) in [5.74, 6) is 0.869. The van der Waals surface area contributed by atoms with Crippen LogP contribution in [0.2, 0.25) is 0 Å². The number of nitrogens with zero attached hydrogens (tertiary/aromatic N) is 3. The zero-order valence-corrected chi connectivity index (χ0v) is 15.4. The second kappa shape index (κ2) is 10.2. The van der Waals surface area contributed by atoms with E-state index in [1.807, 2.05) is 15.7 Å². The van der Waals surface area contributed by atoms with Crippen LogP contribution in [0.5, 0.6) is 0 Å². The second-order valence-corrected chi connectivity index (χ2v) is 6.58. The number of likely N-dealkylation sites (tertiary alicyclic amines) is 1. The largest absolute Gasteiger partial charge is 0.466 e. The van der Waals surface area contributed by atoms with Crippen LogP contribution in [0.1, 0.15) is 44.9 Å². The summed E-state index contributed by atoms with van der Waals surface area (Å²) in [6.45, 7) is 4.80. The zero-order valence-electron chi connectivity index (χ0n) is 15.4. The lowest BCUT2D eigenvalue weighted by Crippen LogP contribution is -2.86. The van der Waals surface area contributed by atoms with Gasteiger partial charge in [-0.25, -0.2) is 4.98 Å². The molecule has 0 aromatic carbocycles. The van der Waals surface area contributed by atoms with Crippen molar-refractivity contribution in [1.82, 2.24) is 14.5 Å². The fourth-order valence-corrected chi connectivity index (χ4v) is 3.05. The number of hydrogen-bond acceptors (Lipinski definition) is 4. The van der Waals surface area contributed by atoms with Crippen molar-refractivity contribution in [2.45, 2.75) is 58.0 Å². The SMILES string of the molecule is CCCCOC(=O)CCn1ccnc1CCC(=O)N1CCC([NH2+]C)C1. The van der Waals surface area contributed by atoms with Gasteiger partial charge >= 0.3 is 5.97 Å². The van der Waals surface area contributed by atoms with Crippen molar-refractivity contribution in [2.24, 2.45) is 0 Å². The number of rotatable bonds is 10. The number of ether oxygens (including phenoxy) is 1. The Hall–Kier alpha value is -1.89. The van der Waals surface area contributed by atoms with Gasteiger partial charge in [0, 0.05) is 44.7 Å². The Morgan fingerprint density at radius 1 is 1.40 bits per heavy atom. The zero-order chi connectivity index (χ0) is 18.1. The molecule has 0 spiro atoms.